The lowest BCUT2D eigenvalue weighted by atomic mass is 10.1. The van der Waals surface area contributed by atoms with Crippen molar-refractivity contribution in [3.63, 3.8) is 0 Å². The Bertz CT molecular complexity index is 690. The molecule has 1 N–H and O–H groups in total. The van der Waals surface area contributed by atoms with Gasteiger partial charge in [-0.15, -0.1) is 0 Å². The number of nitrogens with zero attached hydrogens (tertiary/aromatic N) is 1. The predicted octanol–water partition coefficient (Wildman–Crippen LogP) is 2.60. The quantitative estimate of drug-likeness (QED) is 0.828. The van der Waals surface area contributed by atoms with Gasteiger partial charge in [0.25, 0.3) is 5.91 Å². The molecule has 0 bridgehead atoms. The summed E-state index contributed by atoms with van der Waals surface area (Å²) in [6.45, 7) is 1.41. The van der Waals surface area contributed by atoms with Crippen molar-refractivity contribution in [2.75, 3.05) is 11.4 Å². The number of benzene rings is 1. The number of hydrogen-bond donors (Lipinski definition) is 1. The Kier molecular flexibility index (Phi) is 4.73. The maximum atomic E-state index is 12.5. The van der Waals surface area contributed by atoms with Crippen LogP contribution in [-0.4, -0.2) is 29.3 Å². The van der Waals surface area contributed by atoms with Gasteiger partial charge in [0, 0.05) is 17.8 Å². The molecule has 114 valence electrons. The van der Waals surface area contributed by atoms with E-state index < -0.39 is 11.9 Å². The molecule has 1 amide bonds. The standard InChI is InChI=1S/C16H15NO5/c1-11(18)12-4-2-5-13(10-12)17(8-7-15(19)20)16(21)14-6-3-9-22-14/h2-6,9-10H,7-8H2,1H3,(H,19,20). The van der Waals surface area contributed by atoms with E-state index in [0.717, 1.165) is 0 Å². The van der Waals surface area contributed by atoms with Gasteiger partial charge >= 0.3 is 5.97 Å². The third kappa shape index (κ3) is 3.60. The molecule has 0 spiro atoms. The van der Waals surface area contributed by atoms with E-state index in [2.05, 4.69) is 0 Å². The van der Waals surface area contributed by atoms with Gasteiger partial charge in [-0.3, -0.25) is 14.4 Å². The fourth-order valence-corrected chi connectivity index (χ4v) is 1.98. The van der Waals surface area contributed by atoms with Gasteiger partial charge in [0.1, 0.15) is 0 Å². The summed E-state index contributed by atoms with van der Waals surface area (Å²) < 4.78 is 5.08. The van der Waals surface area contributed by atoms with Gasteiger partial charge in [0.2, 0.25) is 0 Å². The van der Waals surface area contributed by atoms with Crippen LogP contribution in [0, 0.1) is 0 Å². The highest BCUT2D eigenvalue weighted by atomic mass is 16.4. The van der Waals surface area contributed by atoms with Gasteiger partial charge in [-0.1, -0.05) is 12.1 Å². The Hall–Kier alpha value is -2.89. The van der Waals surface area contributed by atoms with Crippen LogP contribution in [-0.2, 0) is 4.79 Å². The van der Waals surface area contributed by atoms with Crippen molar-refractivity contribution in [2.45, 2.75) is 13.3 Å². The average molecular weight is 301 g/mol. The Morgan fingerprint density at radius 2 is 1.95 bits per heavy atom. The van der Waals surface area contributed by atoms with Crippen LogP contribution in [0.2, 0.25) is 0 Å². The fraction of sp³-hybridized carbons (Fsp3) is 0.188. The number of carboxylic acid groups (broad SMARTS) is 1. The highest BCUT2D eigenvalue weighted by Gasteiger charge is 2.21. The maximum Gasteiger partial charge on any atom is 0.305 e. The van der Waals surface area contributed by atoms with Crippen LogP contribution in [0.5, 0.6) is 0 Å². The van der Waals surface area contributed by atoms with Crippen LogP contribution in [0.4, 0.5) is 5.69 Å². The summed E-state index contributed by atoms with van der Waals surface area (Å²) in [6, 6.07) is 9.58. The van der Waals surface area contributed by atoms with E-state index >= 15 is 0 Å². The zero-order valence-electron chi connectivity index (χ0n) is 12.0. The number of anilines is 1. The molecule has 0 unspecified atom stereocenters. The lowest BCUT2D eigenvalue weighted by Gasteiger charge is -2.21. The molecule has 0 aliphatic rings. The van der Waals surface area contributed by atoms with Crippen LogP contribution in [0.15, 0.2) is 47.1 Å². The zero-order valence-corrected chi connectivity index (χ0v) is 12.0. The summed E-state index contributed by atoms with van der Waals surface area (Å²) >= 11 is 0. The number of rotatable bonds is 6. The minimum absolute atomic E-state index is 0.0176. The summed E-state index contributed by atoms with van der Waals surface area (Å²) in [6.07, 6.45) is 1.16. The van der Waals surface area contributed by atoms with Crippen molar-refractivity contribution in [2.24, 2.45) is 0 Å². The number of hydrogen-bond acceptors (Lipinski definition) is 4. The highest BCUT2D eigenvalue weighted by molar-refractivity contribution is 6.05. The molecule has 2 rings (SSSR count). The van der Waals surface area contributed by atoms with Gasteiger partial charge < -0.3 is 14.4 Å². The first kappa shape index (κ1) is 15.5. The van der Waals surface area contributed by atoms with Crippen LogP contribution in [0.1, 0.15) is 34.3 Å². The number of carbonyl (C=O) groups excluding carboxylic acids is 2. The summed E-state index contributed by atoms with van der Waals surface area (Å²) in [5.74, 6) is -1.49. The third-order valence-corrected chi connectivity index (χ3v) is 3.09. The van der Waals surface area contributed by atoms with E-state index in [0.29, 0.717) is 11.3 Å². The molecular formula is C16H15NO5. The first-order valence-corrected chi connectivity index (χ1v) is 6.67. The van der Waals surface area contributed by atoms with E-state index in [-0.39, 0.29) is 24.5 Å². The Balaban J connectivity index is 2.35. The second-order valence-corrected chi connectivity index (χ2v) is 4.68. The molecule has 0 aliphatic heterocycles. The van der Waals surface area contributed by atoms with Crippen molar-refractivity contribution < 1.29 is 23.9 Å². The summed E-state index contributed by atoms with van der Waals surface area (Å²) in [7, 11) is 0. The molecule has 2 aromatic rings. The molecule has 1 aromatic heterocycles. The molecule has 0 fully saturated rings. The molecule has 1 heterocycles. The fourth-order valence-electron chi connectivity index (χ4n) is 1.98. The van der Waals surface area contributed by atoms with Crippen LogP contribution in [0.3, 0.4) is 0 Å². The van der Waals surface area contributed by atoms with Crippen molar-refractivity contribution in [1.29, 1.82) is 0 Å². The molecule has 0 aliphatic carbocycles. The normalized spacial score (nSPS) is 10.2. The van der Waals surface area contributed by atoms with Crippen LogP contribution < -0.4 is 4.90 Å². The second-order valence-electron chi connectivity index (χ2n) is 4.68. The third-order valence-electron chi connectivity index (χ3n) is 3.09. The predicted molar refractivity (Wildman–Crippen MR) is 79.1 cm³/mol. The van der Waals surface area contributed by atoms with E-state index in [9.17, 15) is 14.4 Å². The summed E-state index contributed by atoms with van der Waals surface area (Å²) in [5, 5.41) is 8.85. The van der Waals surface area contributed by atoms with Crippen LogP contribution in [0.25, 0.3) is 0 Å². The molecule has 0 saturated carbocycles. The summed E-state index contributed by atoms with van der Waals surface area (Å²) in [5.41, 5.74) is 0.903. The van der Waals surface area contributed by atoms with Crippen molar-refractivity contribution in [3.05, 3.63) is 54.0 Å². The molecule has 6 heteroatoms. The molecule has 0 radical (unpaired) electrons. The lowest BCUT2D eigenvalue weighted by molar-refractivity contribution is -0.136. The molecule has 6 nitrogen and oxygen atoms in total. The zero-order chi connectivity index (χ0) is 16.1. The first-order valence-electron chi connectivity index (χ1n) is 6.67. The molecular weight excluding hydrogens is 286 g/mol. The van der Waals surface area contributed by atoms with Gasteiger partial charge in [0.05, 0.1) is 12.7 Å². The van der Waals surface area contributed by atoms with Gasteiger partial charge in [-0.2, -0.15) is 0 Å². The van der Waals surface area contributed by atoms with Gasteiger partial charge in [-0.05, 0) is 31.2 Å². The van der Waals surface area contributed by atoms with E-state index in [1.165, 1.54) is 24.2 Å². The number of furan rings is 1. The second kappa shape index (κ2) is 6.71. The Morgan fingerprint density at radius 1 is 1.18 bits per heavy atom. The average Bonchev–Trinajstić information content (AvgIpc) is 3.01. The van der Waals surface area contributed by atoms with Crippen molar-refractivity contribution in [1.82, 2.24) is 0 Å². The first-order chi connectivity index (χ1) is 10.5. The highest BCUT2D eigenvalue weighted by Crippen LogP contribution is 2.20. The Labute approximate surface area is 127 Å². The number of amides is 1. The topological polar surface area (TPSA) is 87.8 Å². The monoisotopic (exact) mass is 301 g/mol. The van der Waals surface area contributed by atoms with Crippen LogP contribution >= 0.6 is 0 Å². The number of aliphatic carboxylic acids is 1. The minimum atomic E-state index is -1.01. The van der Waals surface area contributed by atoms with E-state index in [1.54, 1.807) is 30.3 Å². The SMILES string of the molecule is CC(=O)c1cccc(N(CCC(=O)O)C(=O)c2ccco2)c1. The molecule has 0 atom stereocenters. The smallest absolute Gasteiger partial charge is 0.305 e. The number of Topliss-reactive ketones (excluding diaryl/α,β-unsaturated/α-hetero) is 1. The van der Waals surface area contributed by atoms with Gasteiger partial charge in [0.15, 0.2) is 11.5 Å². The summed E-state index contributed by atoms with van der Waals surface area (Å²) in [4.78, 5) is 36.0. The van der Waals surface area contributed by atoms with Gasteiger partial charge in [-0.25, -0.2) is 0 Å². The Morgan fingerprint density at radius 3 is 2.55 bits per heavy atom. The van der Waals surface area contributed by atoms with E-state index in [4.69, 9.17) is 9.52 Å². The molecule has 0 saturated heterocycles. The van der Waals surface area contributed by atoms with E-state index in [1.807, 2.05) is 0 Å². The number of carboxylic acids is 1. The molecule has 1 aromatic carbocycles. The van der Waals surface area contributed by atoms with Crippen molar-refractivity contribution >= 4 is 23.3 Å². The maximum absolute atomic E-state index is 12.5. The molecule has 22 heavy (non-hydrogen) atoms. The minimum Gasteiger partial charge on any atom is -0.481 e. The van der Waals surface area contributed by atoms with Crippen molar-refractivity contribution in [3.8, 4) is 0 Å². The lowest BCUT2D eigenvalue weighted by Crippen LogP contribution is -2.33. The number of ketones is 1. The number of carbonyl (C=O) groups is 3. The largest absolute Gasteiger partial charge is 0.481 e.